The largest absolute Gasteiger partial charge is 0.478 e. The van der Waals surface area contributed by atoms with E-state index in [2.05, 4.69) is 25.7 Å². The zero-order valence-corrected chi connectivity index (χ0v) is 22.8. The van der Waals surface area contributed by atoms with Gasteiger partial charge in [0, 0.05) is 24.8 Å². The summed E-state index contributed by atoms with van der Waals surface area (Å²) in [6, 6.07) is -2.73. The van der Waals surface area contributed by atoms with E-state index in [0.717, 1.165) is 29.1 Å². The number of nitrogens with zero attached hydrogens (tertiary/aromatic N) is 7. The van der Waals surface area contributed by atoms with E-state index in [1.165, 1.54) is 11.6 Å². The molecule has 0 unspecified atom stereocenters. The van der Waals surface area contributed by atoms with Gasteiger partial charge < -0.3 is 31.6 Å². The van der Waals surface area contributed by atoms with Gasteiger partial charge in [0.25, 0.3) is 11.8 Å². The Kier molecular flexibility index (Phi) is 8.35. The van der Waals surface area contributed by atoms with Gasteiger partial charge in [-0.15, -0.1) is 11.3 Å². The van der Waals surface area contributed by atoms with Gasteiger partial charge in [-0.3, -0.25) is 14.1 Å². The van der Waals surface area contributed by atoms with Crippen molar-refractivity contribution in [3.8, 4) is 0 Å². The second kappa shape index (κ2) is 11.4. The van der Waals surface area contributed by atoms with Gasteiger partial charge in [0.2, 0.25) is 5.60 Å². The third-order valence-corrected chi connectivity index (χ3v) is 7.82. The molecule has 18 nitrogen and oxygen atoms in total. The van der Waals surface area contributed by atoms with E-state index in [0.29, 0.717) is 18.8 Å². The number of anilines is 1. The second-order valence-corrected chi connectivity index (χ2v) is 11.5. The molecule has 0 spiro atoms. The molecule has 2 aromatic rings. The Hall–Kier alpha value is -3.72. The van der Waals surface area contributed by atoms with Gasteiger partial charge in [0.05, 0.1) is 18.4 Å². The van der Waals surface area contributed by atoms with Crippen LogP contribution >= 0.6 is 11.3 Å². The number of nitrogens with two attached hydrogens (primary N) is 2. The van der Waals surface area contributed by atoms with Gasteiger partial charge in [-0.05, 0) is 26.6 Å². The summed E-state index contributed by atoms with van der Waals surface area (Å²) >= 11 is 0.978. The molecular formula is C20H28N10O8S2. The van der Waals surface area contributed by atoms with E-state index in [4.69, 9.17) is 16.3 Å². The molecule has 2 fully saturated rings. The first-order valence-corrected chi connectivity index (χ1v) is 14.2. The number of hydrogen-bond donors (Lipinski definition) is 5. The van der Waals surface area contributed by atoms with Gasteiger partial charge in [-0.25, -0.2) is 14.1 Å². The number of carboxylic acid groups (broad SMARTS) is 1. The molecule has 2 amide bonds. The highest BCUT2D eigenvalue weighted by atomic mass is 32.2. The van der Waals surface area contributed by atoms with Gasteiger partial charge in [0.15, 0.2) is 10.8 Å². The number of thiazole rings is 1. The number of β-lactam (4-membered cyclic amide) rings is 1. The number of carbonyl (C=O) groups excluding carboxylic acids is 2. The molecule has 218 valence electrons. The molecular weight excluding hydrogens is 572 g/mol. The van der Waals surface area contributed by atoms with Crippen molar-refractivity contribution in [1.29, 1.82) is 0 Å². The highest BCUT2D eigenvalue weighted by Crippen LogP contribution is 2.40. The fourth-order valence-corrected chi connectivity index (χ4v) is 5.34. The maximum atomic E-state index is 13.2. The molecule has 7 N–H and O–H groups in total. The van der Waals surface area contributed by atoms with Crippen LogP contribution in [0.1, 0.15) is 30.7 Å². The summed E-state index contributed by atoms with van der Waals surface area (Å²) in [5.41, 5.74) is 9.64. The first-order valence-electron chi connectivity index (χ1n) is 11.9. The number of nitrogens with one attached hydrogen (secondary N) is 1. The topological polar surface area (TPSA) is 262 Å². The molecule has 3 heterocycles. The molecule has 20 heteroatoms. The lowest BCUT2D eigenvalue weighted by Crippen LogP contribution is -2.73. The molecule has 4 rings (SSSR count). The van der Waals surface area contributed by atoms with Gasteiger partial charge >= 0.3 is 16.3 Å². The average Bonchev–Trinajstić information content (AvgIpc) is 3.36. The van der Waals surface area contributed by atoms with Crippen molar-refractivity contribution in [2.45, 2.75) is 50.0 Å². The Morgan fingerprint density at radius 2 is 2.12 bits per heavy atom. The standard InChI is InChI=1S/C20H28N10O8S2/c1-28(6-2-5-21)8-11-7-23-29(26-11)9-13-15(17(32)30(13)40(35,36)37)25-16(31)14(12-10-39-19(22)24-12)27-38-20(3-4-20)18(33)34/h7,10,13,15H,2-6,8-9,21H2,1H3,(H2,22,24)(H,25,31)(H,33,34)(H,35,36,37)/t13-,15-/m0/s1. The van der Waals surface area contributed by atoms with E-state index < -0.39 is 51.5 Å². The van der Waals surface area contributed by atoms with Gasteiger partial charge in [-0.1, -0.05) is 5.16 Å². The highest BCUT2D eigenvalue weighted by molar-refractivity contribution is 7.84. The SMILES string of the molecule is CN(CCCN)Cc1cnn(C[C@H]2[C@H](NC(=O)C(=NOC3(C(=O)O)CC3)c3csc(N)n3)C(=O)N2S(=O)(=O)O)n1. The number of hydrogen-bond acceptors (Lipinski definition) is 14. The highest BCUT2D eigenvalue weighted by Gasteiger charge is 2.56. The van der Waals surface area contributed by atoms with Crippen molar-refractivity contribution in [3.63, 3.8) is 0 Å². The average molecular weight is 601 g/mol. The van der Waals surface area contributed by atoms with E-state index in [1.54, 1.807) is 0 Å². The molecule has 1 aliphatic heterocycles. The van der Waals surface area contributed by atoms with Crippen LogP contribution in [-0.2, 0) is 42.6 Å². The Labute approximate surface area is 231 Å². The number of rotatable bonds is 14. The van der Waals surface area contributed by atoms with Crippen LogP contribution in [0.5, 0.6) is 0 Å². The lowest BCUT2D eigenvalue weighted by molar-refractivity contribution is -0.153. The normalized spacial score (nSPS) is 20.4. The first kappa shape index (κ1) is 29.3. The monoisotopic (exact) mass is 600 g/mol. The minimum Gasteiger partial charge on any atom is -0.478 e. The summed E-state index contributed by atoms with van der Waals surface area (Å²) in [5.74, 6) is -3.39. The number of amides is 2. The predicted octanol–water partition coefficient (Wildman–Crippen LogP) is -2.37. The van der Waals surface area contributed by atoms with E-state index in [-0.39, 0.29) is 34.5 Å². The Bertz CT molecular complexity index is 1420. The summed E-state index contributed by atoms with van der Waals surface area (Å²) in [6.45, 7) is 1.38. The van der Waals surface area contributed by atoms with Crippen molar-refractivity contribution >= 4 is 50.3 Å². The summed E-state index contributed by atoms with van der Waals surface area (Å²) in [6.07, 6.45) is 2.60. The van der Waals surface area contributed by atoms with Crippen molar-refractivity contribution < 1.29 is 37.3 Å². The van der Waals surface area contributed by atoms with Crippen LogP contribution in [0.3, 0.4) is 0 Å². The van der Waals surface area contributed by atoms with Crippen LogP contribution in [0.4, 0.5) is 5.13 Å². The fourth-order valence-electron chi connectivity index (χ4n) is 3.92. The van der Waals surface area contributed by atoms with Crippen LogP contribution in [0.25, 0.3) is 0 Å². The van der Waals surface area contributed by atoms with Crippen molar-refractivity contribution in [3.05, 3.63) is 23.0 Å². The molecule has 2 aliphatic rings. The quantitative estimate of drug-likeness (QED) is 0.0657. The van der Waals surface area contributed by atoms with Gasteiger partial charge in [-0.2, -0.15) is 23.4 Å². The lowest BCUT2D eigenvalue weighted by Gasteiger charge is -2.43. The number of nitrogen functional groups attached to an aromatic ring is 1. The second-order valence-electron chi connectivity index (χ2n) is 9.30. The summed E-state index contributed by atoms with van der Waals surface area (Å²) in [4.78, 5) is 49.6. The number of aliphatic carboxylic acids is 1. The lowest BCUT2D eigenvalue weighted by atomic mass is 9.98. The molecule has 0 radical (unpaired) electrons. The predicted molar refractivity (Wildman–Crippen MR) is 138 cm³/mol. The molecule has 2 atom stereocenters. The summed E-state index contributed by atoms with van der Waals surface area (Å²) in [7, 11) is -3.11. The van der Waals surface area contributed by atoms with Crippen LogP contribution in [0, 0.1) is 0 Å². The number of carbonyl (C=O) groups is 3. The number of carboxylic acids is 1. The molecule has 1 saturated carbocycles. The zero-order chi connectivity index (χ0) is 29.2. The molecule has 1 saturated heterocycles. The Morgan fingerprint density at radius 1 is 1.40 bits per heavy atom. The van der Waals surface area contributed by atoms with Gasteiger partial charge in [0.1, 0.15) is 17.8 Å². The summed E-state index contributed by atoms with van der Waals surface area (Å²) in [5, 5.41) is 25.3. The first-order chi connectivity index (χ1) is 18.8. The fraction of sp³-hybridized carbons (Fsp3) is 0.550. The Balaban J connectivity index is 1.52. The molecule has 0 bridgehead atoms. The van der Waals surface area contributed by atoms with Crippen molar-refractivity contribution in [2.75, 3.05) is 25.9 Å². The zero-order valence-electron chi connectivity index (χ0n) is 21.2. The smallest absolute Gasteiger partial charge is 0.362 e. The van der Waals surface area contributed by atoms with Crippen LogP contribution < -0.4 is 16.8 Å². The minimum absolute atomic E-state index is 0.0479. The maximum Gasteiger partial charge on any atom is 0.362 e. The minimum atomic E-state index is -4.98. The van der Waals surface area contributed by atoms with Crippen molar-refractivity contribution in [1.82, 2.24) is 34.5 Å². The van der Waals surface area contributed by atoms with Crippen LogP contribution in [0.2, 0.25) is 0 Å². The van der Waals surface area contributed by atoms with Crippen LogP contribution in [0.15, 0.2) is 16.7 Å². The van der Waals surface area contributed by atoms with Crippen molar-refractivity contribution in [2.24, 2.45) is 10.9 Å². The third-order valence-electron chi connectivity index (χ3n) is 6.20. The molecule has 1 aliphatic carbocycles. The summed E-state index contributed by atoms with van der Waals surface area (Å²) < 4.78 is 33.6. The third kappa shape index (κ3) is 6.36. The number of oxime groups is 1. The van der Waals surface area contributed by atoms with Crippen LogP contribution in [-0.4, -0.2) is 109 Å². The molecule has 2 aromatic heterocycles. The van der Waals surface area contributed by atoms with E-state index in [9.17, 15) is 32.5 Å². The molecule has 40 heavy (non-hydrogen) atoms. The van der Waals surface area contributed by atoms with E-state index in [1.807, 2.05) is 11.9 Å². The Morgan fingerprint density at radius 3 is 2.70 bits per heavy atom. The maximum absolute atomic E-state index is 13.2. The van der Waals surface area contributed by atoms with E-state index >= 15 is 0 Å². The molecule has 0 aromatic carbocycles. The number of aromatic nitrogens is 4.